The van der Waals surface area contributed by atoms with E-state index in [1.165, 1.54) is 30.3 Å². The smallest absolute Gasteiger partial charge is 0.269 e. The lowest BCUT2D eigenvalue weighted by atomic mass is 9.95. The summed E-state index contributed by atoms with van der Waals surface area (Å²) in [7, 11) is 0. The summed E-state index contributed by atoms with van der Waals surface area (Å²) in [5.74, 6) is 0.548. The SMILES string of the molecule is CC(C(=O)NC1CCCCC1)N(Cc1ccc(Br)cc1)C(=O)CSCc1ccc([N+](=O)[O-])cc1. The van der Waals surface area contributed by atoms with Crippen LogP contribution in [0.1, 0.15) is 50.2 Å². The fraction of sp³-hybridized carbons (Fsp3) is 0.440. The van der Waals surface area contributed by atoms with Crippen LogP contribution in [0.15, 0.2) is 53.0 Å². The van der Waals surface area contributed by atoms with E-state index in [0.29, 0.717) is 12.3 Å². The molecule has 0 aliphatic heterocycles. The van der Waals surface area contributed by atoms with Gasteiger partial charge in [0.25, 0.3) is 5.69 Å². The molecule has 0 radical (unpaired) electrons. The van der Waals surface area contributed by atoms with Crippen molar-refractivity contribution in [3.05, 3.63) is 74.2 Å². The molecule has 1 fully saturated rings. The largest absolute Gasteiger partial charge is 0.352 e. The summed E-state index contributed by atoms with van der Waals surface area (Å²) < 4.78 is 0.955. The Hall–Kier alpha value is -2.39. The van der Waals surface area contributed by atoms with Crippen LogP contribution in [0.5, 0.6) is 0 Å². The van der Waals surface area contributed by atoms with Gasteiger partial charge in [-0.05, 0) is 43.0 Å². The Kier molecular flexibility index (Phi) is 9.95. The molecule has 9 heteroatoms. The van der Waals surface area contributed by atoms with Crippen LogP contribution in [0.3, 0.4) is 0 Å². The van der Waals surface area contributed by atoms with Gasteiger partial charge in [-0.25, -0.2) is 0 Å². The molecule has 0 bridgehead atoms. The number of non-ortho nitro benzene ring substituents is 1. The Bertz CT molecular complexity index is 979. The van der Waals surface area contributed by atoms with Crippen molar-refractivity contribution in [2.45, 2.75) is 63.4 Å². The van der Waals surface area contributed by atoms with Gasteiger partial charge in [-0.2, -0.15) is 0 Å². The van der Waals surface area contributed by atoms with Crippen LogP contribution in [-0.4, -0.2) is 39.5 Å². The van der Waals surface area contributed by atoms with Gasteiger partial charge in [0.1, 0.15) is 6.04 Å². The summed E-state index contributed by atoms with van der Waals surface area (Å²) in [6.07, 6.45) is 5.44. The Morgan fingerprint density at radius 3 is 2.32 bits per heavy atom. The number of hydrogen-bond acceptors (Lipinski definition) is 5. The fourth-order valence-corrected chi connectivity index (χ4v) is 5.13. The van der Waals surface area contributed by atoms with Gasteiger partial charge >= 0.3 is 0 Å². The first-order valence-corrected chi connectivity index (χ1v) is 13.4. The van der Waals surface area contributed by atoms with Gasteiger partial charge in [0.05, 0.1) is 10.7 Å². The number of nitro groups is 1. The van der Waals surface area contributed by atoms with E-state index in [-0.39, 0.29) is 29.3 Å². The molecule has 7 nitrogen and oxygen atoms in total. The maximum Gasteiger partial charge on any atom is 0.269 e. The molecule has 1 unspecified atom stereocenters. The molecule has 0 aromatic heterocycles. The van der Waals surface area contributed by atoms with E-state index in [0.717, 1.165) is 41.3 Å². The number of carbonyl (C=O) groups is 2. The second kappa shape index (κ2) is 12.9. The zero-order valence-corrected chi connectivity index (χ0v) is 21.6. The van der Waals surface area contributed by atoms with E-state index in [4.69, 9.17) is 0 Å². The number of nitrogens with zero attached hydrogens (tertiary/aromatic N) is 2. The number of hydrogen-bond donors (Lipinski definition) is 1. The van der Waals surface area contributed by atoms with E-state index >= 15 is 0 Å². The summed E-state index contributed by atoms with van der Waals surface area (Å²) in [5, 5.41) is 14.0. The Balaban J connectivity index is 1.63. The molecular weight excluding hydrogens is 518 g/mol. The average Bonchev–Trinajstić information content (AvgIpc) is 2.84. The third-order valence-electron chi connectivity index (χ3n) is 6.03. The van der Waals surface area contributed by atoms with Gasteiger partial charge < -0.3 is 10.2 Å². The Morgan fingerprint density at radius 1 is 1.09 bits per heavy atom. The van der Waals surface area contributed by atoms with Gasteiger partial charge in [0, 0.05) is 34.9 Å². The van der Waals surface area contributed by atoms with E-state index in [9.17, 15) is 19.7 Å². The number of thioether (sulfide) groups is 1. The van der Waals surface area contributed by atoms with Crippen molar-refractivity contribution < 1.29 is 14.5 Å². The van der Waals surface area contributed by atoms with Crippen molar-refractivity contribution in [3.8, 4) is 0 Å². The second-order valence-electron chi connectivity index (χ2n) is 8.58. The number of rotatable bonds is 10. The van der Waals surface area contributed by atoms with Crippen molar-refractivity contribution in [2.75, 3.05) is 5.75 Å². The molecule has 1 saturated carbocycles. The van der Waals surface area contributed by atoms with Gasteiger partial charge in [0.2, 0.25) is 11.8 Å². The van der Waals surface area contributed by atoms with Crippen molar-refractivity contribution in [1.82, 2.24) is 10.2 Å². The first-order chi connectivity index (χ1) is 16.3. The lowest BCUT2D eigenvalue weighted by molar-refractivity contribution is -0.384. The highest BCUT2D eigenvalue weighted by Crippen LogP contribution is 2.21. The van der Waals surface area contributed by atoms with Crippen LogP contribution < -0.4 is 5.32 Å². The minimum Gasteiger partial charge on any atom is -0.352 e. The fourth-order valence-electron chi connectivity index (χ4n) is 3.99. The molecule has 0 spiro atoms. The quantitative estimate of drug-likeness (QED) is 0.315. The predicted octanol–water partition coefficient (Wildman–Crippen LogP) is 5.46. The van der Waals surface area contributed by atoms with Crippen LogP contribution in [0.4, 0.5) is 5.69 Å². The van der Waals surface area contributed by atoms with Crippen LogP contribution in [-0.2, 0) is 21.9 Å². The third-order valence-corrected chi connectivity index (χ3v) is 7.54. The van der Waals surface area contributed by atoms with Crippen LogP contribution in [0.2, 0.25) is 0 Å². The molecule has 182 valence electrons. The van der Waals surface area contributed by atoms with Gasteiger partial charge in [-0.3, -0.25) is 19.7 Å². The molecule has 2 aromatic carbocycles. The minimum atomic E-state index is -0.585. The zero-order valence-electron chi connectivity index (χ0n) is 19.2. The van der Waals surface area contributed by atoms with Gasteiger partial charge in [-0.1, -0.05) is 59.5 Å². The molecular formula is C25H30BrN3O4S. The maximum atomic E-state index is 13.2. The van der Waals surface area contributed by atoms with Gasteiger partial charge in [0.15, 0.2) is 0 Å². The number of amides is 2. The number of benzene rings is 2. The van der Waals surface area contributed by atoms with E-state index in [2.05, 4.69) is 21.2 Å². The molecule has 0 saturated heterocycles. The summed E-state index contributed by atoms with van der Waals surface area (Å²) >= 11 is 4.87. The topological polar surface area (TPSA) is 92.6 Å². The number of nitrogens with one attached hydrogen (secondary N) is 1. The molecule has 34 heavy (non-hydrogen) atoms. The summed E-state index contributed by atoms with van der Waals surface area (Å²) in [6, 6.07) is 13.7. The lowest BCUT2D eigenvalue weighted by Crippen LogP contribution is -2.50. The van der Waals surface area contributed by atoms with Crippen molar-refractivity contribution >= 4 is 45.2 Å². The Morgan fingerprint density at radius 2 is 1.71 bits per heavy atom. The van der Waals surface area contributed by atoms with Crippen LogP contribution in [0, 0.1) is 10.1 Å². The third kappa shape index (κ3) is 7.84. The van der Waals surface area contributed by atoms with Crippen molar-refractivity contribution in [3.63, 3.8) is 0 Å². The standard InChI is InChI=1S/C25H30BrN3O4S/c1-18(25(31)27-22-5-3-2-4-6-22)28(15-19-7-11-21(26)12-8-19)24(30)17-34-16-20-9-13-23(14-10-20)29(32)33/h7-14,18,22H,2-6,15-17H2,1H3,(H,27,31). The highest BCUT2D eigenvalue weighted by Gasteiger charge is 2.28. The van der Waals surface area contributed by atoms with E-state index < -0.39 is 11.0 Å². The molecule has 0 heterocycles. The molecule has 1 atom stereocenters. The summed E-state index contributed by atoms with van der Waals surface area (Å²) in [5.41, 5.74) is 1.91. The average molecular weight is 549 g/mol. The summed E-state index contributed by atoms with van der Waals surface area (Å²) in [6.45, 7) is 2.14. The highest BCUT2D eigenvalue weighted by atomic mass is 79.9. The summed E-state index contributed by atoms with van der Waals surface area (Å²) in [4.78, 5) is 38.3. The first-order valence-electron chi connectivity index (χ1n) is 11.5. The molecule has 2 amide bonds. The van der Waals surface area contributed by atoms with Crippen molar-refractivity contribution in [2.24, 2.45) is 0 Å². The minimum absolute atomic E-state index is 0.0447. The van der Waals surface area contributed by atoms with E-state index in [1.54, 1.807) is 24.0 Å². The normalized spacial score (nSPS) is 14.9. The molecule has 2 aromatic rings. The first kappa shape index (κ1) is 26.2. The van der Waals surface area contributed by atoms with Crippen LogP contribution >= 0.6 is 27.7 Å². The second-order valence-corrected chi connectivity index (χ2v) is 10.5. The molecule has 1 aliphatic carbocycles. The number of carbonyl (C=O) groups excluding carboxylic acids is 2. The lowest BCUT2D eigenvalue weighted by Gasteiger charge is -2.31. The van der Waals surface area contributed by atoms with Crippen LogP contribution in [0.25, 0.3) is 0 Å². The molecule has 1 N–H and O–H groups in total. The highest BCUT2D eigenvalue weighted by molar-refractivity contribution is 9.10. The molecule has 1 aliphatic rings. The van der Waals surface area contributed by atoms with Crippen molar-refractivity contribution in [1.29, 1.82) is 0 Å². The number of halogens is 1. The Labute approximate surface area is 213 Å². The van der Waals surface area contributed by atoms with Gasteiger partial charge in [-0.15, -0.1) is 11.8 Å². The zero-order chi connectivity index (χ0) is 24.5. The predicted molar refractivity (Wildman–Crippen MR) is 138 cm³/mol. The molecule has 3 rings (SSSR count). The van der Waals surface area contributed by atoms with E-state index in [1.807, 2.05) is 24.3 Å². The monoisotopic (exact) mass is 547 g/mol. The maximum absolute atomic E-state index is 13.2. The number of nitro benzene ring substituents is 1.